The zero-order valence-corrected chi connectivity index (χ0v) is 17.6. The molecule has 2 aromatic rings. The number of nitrogens with zero attached hydrogens (tertiary/aromatic N) is 1. The number of thioether (sulfide) groups is 1. The van der Waals surface area contributed by atoms with Gasteiger partial charge in [0.05, 0.1) is 11.1 Å². The highest BCUT2D eigenvalue weighted by Gasteiger charge is 2.34. The number of nitrogens with one attached hydrogen (secondary N) is 1. The first-order chi connectivity index (χ1) is 14.4. The van der Waals surface area contributed by atoms with E-state index >= 15 is 0 Å². The van der Waals surface area contributed by atoms with Crippen LogP contribution in [-0.2, 0) is 4.79 Å². The highest BCUT2D eigenvalue weighted by Crippen LogP contribution is 2.29. The lowest BCUT2D eigenvalue weighted by Crippen LogP contribution is -2.31. The molecule has 1 aliphatic rings. The van der Waals surface area contributed by atoms with Crippen molar-refractivity contribution in [1.82, 2.24) is 10.2 Å². The Kier molecular flexibility index (Phi) is 8.35. The van der Waals surface area contributed by atoms with Gasteiger partial charge in [0, 0.05) is 24.2 Å². The number of fused-ring (bicyclic) bond motifs is 1. The summed E-state index contributed by atoms with van der Waals surface area (Å²) in [5.74, 6) is -3.51. The van der Waals surface area contributed by atoms with Crippen molar-refractivity contribution >= 4 is 29.5 Å². The van der Waals surface area contributed by atoms with Gasteiger partial charge in [0.25, 0.3) is 17.7 Å². The number of halogens is 2. The maximum atomic E-state index is 14.1. The van der Waals surface area contributed by atoms with Crippen LogP contribution in [0.3, 0.4) is 0 Å². The van der Waals surface area contributed by atoms with Crippen LogP contribution in [0.5, 0.6) is 5.75 Å². The van der Waals surface area contributed by atoms with Crippen molar-refractivity contribution < 1.29 is 27.9 Å². The fourth-order valence-electron chi connectivity index (χ4n) is 2.66. The molecule has 1 N–H and O–H groups in total. The second-order valence-electron chi connectivity index (χ2n) is 5.83. The molecule has 9 heteroatoms. The summed E-state index contributed by atoms with van der Waals surface area (Å²) in [5, 5.41) is 2.28. The van der Waals surface area contributed by atoms with Gasteiger partial charge in [0.2, 0.25) is 0 Å². The Morgan fingerprint density at radius 3 is 2.10 bits per heavy atom. The molecule has 0 spiro atoms. The summed E-state index contributed by atoms with van der Waals surface area (Å²) < 4.78 is 33.0. The number of carbonyl (C=O) groups excluding carboxylic acids is 3. The van der Waals surface area contributed by atoms with E-state index in [-0.39, 0.29) is 29.0 Å². The van der Waals surface area contributed by atoms with E-state index in [1.54, 1.807) is 24.3 Å². The van der Waals surface area contributed by atoms with Crippen LogP contribution >= 0.6 is 11.8 Å². The molecule has 160 valence electrons. The minimum Gasteiger partial charge on any atom is -0.478 e. The summed E-state index contributed by atoms with van der Waals surface area (Å²) in [6.45, 7) is 3.60. The van der Waals surface area contributed by atoms with Crippen LogP contribution in [0, 0.1) is 11.6 Å². The van der Waals surface area contributed by atoms with Crippen LogP contribution in [-0.4, -0.2) is 48.6 Å². The van der Waals surface area contributed by atoms with Crippen molar-refractivity contribution in [2.45, 2.75) is 18.7 Å². The zero-order chi connectivity index (χ0) is 22.3. The second kappa shape index (κ2) is 10.7. The van der Waals surface area contributed by atoms with Crippen LogP contribution < -0.4 is 10.1 Å². The number of hydrogen-bond acceptors (Lipinski definition) is 5. The van der Waals surface area contributed by atoms with Gasteiger partial charge in [0.15, 0.2) is 24.0 Å². The number of carbonyl (C=O) groups is 3. The summed E-state index contributed by atoms with van der Waals surface area (Å²) in [4.78, 5) is 37.1. The molecular weight excluding hydrogens is 414 g/mol. The Hall–Kier alpha value is -2.94. The molecule has 0 bridgehead atoms. The Balaban J connectivity index is 0.00000155. The number of likely N-dealkylation sites (N-methyl/N-ethyl adjacent to an activating group) is 1. The predicted octanol–water partition coefficient (Wildman–Crippen LogP) is 3.50. The van der Waals surface area contributed by atoms with E-state index in [4.69, 9.17) is 4.74 Å². The Morgan fingerprint density at radius 1 is 1.07 bits per heavy atom. The molecule has 0 fully saturated rings. The lowest BCUT2D eigenvalue weighted by atomic mass is 10.1. The second-order valence-corrected chi connectivity index (χ2v) is 7.00. The van der Waals surface area contributed by atoms with Crippen LogP contribution in [0.2, 0.25) is 0 Å². The molecule has 0 aromatic heterocycles. The smallest absolute Gasteiger partial charge is 0.261 e. The van der Waals surface area contributed by atoms with Crippen LogP contribution in [0.25, 0.3) is 0 Å². The monoisotopic (exact) mass is 436 g/mol. The van der Waals surface area contributed by atoms with E-state index < -0.39 is 29.9 Å². The molecule has 0 atom stereocenters. The van der Waals surface area contributed by atoms with Crippen molar-refractivity contribution in [1.29, 1.82) is 0 Å². The van der Waals surface area contributed by atoms with Crippen LogP contribution in [0.4, 0.5) is 8.78 Å². The van der Waals surface area contributed by atoms with E-state index in [0.29, 0.717) is 11.1 Å². The maximum Gasteiger partial charge on any atom is 0.261 e. The minimum absolute atomic E-state index is 0.106. The van der Waals surface area contributed by atoms with Crippen molar-refractivity contribution in [2.75, 3.05) is 26.0 Å². The van der Waals surface area contributed by atoms with Crippen LogP contribution in [0.1, 0.15) is 34.6 Å². The molecule has 0 aliphatic carbocycles. The molecule has 1 heterocycles. The molecule has 3 amide bonds. The predicted molar refractivity (Wildman–Crippen MR) is 110 cm³/mol. The number of imide groups is 1. The van der Waals surface area contributed by atoms with Gasteiger partial charge in [-0.2, -0.15) is 0 Å². The van der Waals surface area contributed by atoms with Crippen molar-refractivity contribution in [3.05, 3.63) is 59.2 Å². The van der Waals surface area contributed by atoms with Crippen molar-refractivity contribution in [3.63, 3.8) is 0 Å². The fourth-order valence-corrected chi connectivity index (χ4v) is 3.55. The van der Waals surface area contributed by atoms with E-state index in [1.165, 1.54) is 7.05 Å². The third-order valence-corrected chi connectivity index (χ3v) is 5.02. The van der Waals surface area contributed by atoms with Crippen LogP contribution in [0.15, 0.2) is 41.3 Å². The molecule has 6 nitrogen and oxygen atoms in total. The molecule has 0 unspecified atom stereocenters. The first kappa shape index (κ1) is 23.3. The zero-order valence-electron chi connectivity index (χ0n) is 16.8. The molecule has 0 saturated heterocycles. The summed E-state index contributed by atoms with van der Waals surface area (Å²) in [5.41, 5.74) is 0.708. The molecule has 30 heavy (non-hydrogen) atoms. The van der Waals surface area contributed by atoms with Crippen molar-refractivity contribution in [2.24, 2.45) is 0 Å². The van der Waals surface area contributed by atoms with Gasteiger partial charge in [-0.3, -0.25) is 19.3 Å². The largest absolute Gasteiger partial charge is 0.478 e. The van der Waals surface area contributed by atoms with E-state index in [9.17, 15) is 23.2 Å². The molecule has 1 aliphatic heterocycles. The third-order valence-electron chi connectivity index (χ3n) is 4.06. The molecule has 0 radical (unpaired) electrons. The van der Waals surface area contributed by atoms with E-state index in [0.717, 1.165) is 28.8 Å². The first-order valence-electron chi connectivity index (χ1n) is 9.32. The summed E-state index contributed by atoms with van der Waals surface area (Å²) in [7, 11) is 1.38. The highest BCUT2D eigenvalue weighted by molar-refractivity contribution is 7.99. The molecule has 2 aromatic carbocycles. The Bertz CT molecular complexity index is 894. The summed E-state index contributed by atoms with van der Waals surface area (Å²) in [6, 6.07) is 8.70. The first-order valence-corrected chi connectivity index (χ1v) is 10.3. The average Bonchev–Trinajstić information content (AvgIpc) is 2.99. The average molecular weight is 436 g/mol. The Labute approximate surface area is 177 Å². The lowest BCUT2D eigenvalue weighted by Gasteiger charge is -2.14. The Morgan fingerprint density at radius 2 is 1.60 bits per heavy atom. The number of benzene rings is 2. The van der Waals surface area contributed by atoms with E-state index in [1.807, 2.05) is 13.8 Å². The standard InChI is InChI=1S/C19H16F2N2O4S.C2H6/c1-22-16(24)10-27-17-14(20)8-11(9-15(17)21)28-7-6-23-18(25)12-4-2-3-5-13(12)19(23)26;1-2/h2-5,8-9H,6-7,10H2,1H3,(H,22,24);1-2H3. The van der Waals surface area contributed by atoms with Gasteiger partial charge in [-0.25, -0.2) is 8.78 Å². The van der Waals surface area contributed by atoms with Gasteiger partial charge in [-0.15, -0.1) is 11.8 Å². The molecular formula is C21H22F2N2O4S. The maximum absolute atomic E-state index is 14.1. The third kappa shape index (κ3) is 5.15. The molecule has 0 saturated carbocycles. The van der Waals surface area contributed by atoms with Gasteiger partial charge < -0.3 is 10.1 Å². The SMILES string of the molecule is CC.CNC(=O)COc1c(F)cc(SCCN2C(=O)c3ccccc3C2=O)cc1F. The normalized spacial score (nSPS) is 12.2. The summed E-state index contributed by atoms with van der Waals surface area (Å²) in [6.07, 6.45) is 0. The number of amides is 3. The number of ether oxygens (including phenoxy) is 1. The topological polar surface area (TPSA) is 75.7 Å². The molecule has 3 rings (SSSR count). The number of rotatable bonds is 7. The van der Waals surface area contributed by atoms with Gasteiger partial charge in [-0.1, -0.05) is 26.0 Å². The minimum atomic E-state index is -0.938. The number of hydrogen-bond donors (Lipinski definition) is 1. The quantitative estimate of drug-likeness (QED) is 0.531. The fraction of sp³-hybridized carbons (Fsp3) is 0.286. The highest BCUT2D eigenvalue weighted by atomic mass is 32.2. The van der Waals surface area contributed by atoms with Gasteiger partial charge in [0.1, 0.15) is 0 Å². The van der Waals surface area contributed by atoms with Gasteiger partial charge >= 0.3 is 0 Å². The van der Waals surface area contributed by atoms with E-state index in [2.05, 4.69) is 5.32 Å². The van der Waals surface area contributed by atoms with Gasteiger partial charge in [-0.05, 0) is 24.3 Å². The lowest BCUT2D eigenvalue weighted by molar-refractivity contribution is -0.122. The van der Waals surface area contributed by atoms with Crippen molar-refractivity contribution in [3.8, 4) is 5.75 Å². The summed E-state index contributed by atoms with van der Waals surface area (Å²) >= 11 is 1.10.